The summed E-state index contributed by atoms with van der Waals surface area (Å²) in [7, 11) is 0. The summed E-state index contributed by atoms with van der Waals surface area (Å²) < 4.78 is 0. The number of hydrogen-bond donors (Lipinski definition) is 1. The number of aldehydes is 1. The highest BCUT2D eigenvalue weighted by atomic mass is 16.1. The van der Waals surface area contributed by atoms with Gasteiger partial charge in [0.15, 0.2) is 0 Å². The number of hydrogen-bond acceptors (Lipinski definition) is 2. The molecular formula is C8H21NO. The standard InChI is InChI=1S/C6H13NO.C2H6.H2/c1-5(2)3-6(7)4-8;1-2;/h4-6H,3,7H2,1-2H3;1-2H3;1H/t6-;;/m1../s1. The molecule has 10 heavy (non-hydrogen) atoms. The first-order chi connectivity index (χ1) is 4.66. The molecule has 0 rings (SSSR count). The first kappa shape index (κ1) is 12.3. The van der Waals surface area contributed by atoms with Gasteiger partial charge in [-0.25, -0.2) is 0 Å². The molecule has 0 aromatic heterocycles. The lowest BCUT2D eigenvalue weighted by Gasteiger charge is -2.04. The Morgan fingerprint density at radius 2 is 1.90 bits per heavy atom. The van der Waals surface area contributed by atoms with Crippen molar-refractivity contribution in [2.24, 2.45) is 11.7 Å². The smallest absolute Gasteiger partial charge is 0.136 e. The van der Waals surface area contributed by atoms with E-state index in [4.69, 9.17) is 5.73 Å². The Balaban J connectivity index is -0.000000196. The average molecular weight is 147 g/mol. The van der Waals surface area contributed by atoms with Gasteiger partial charge in [-0.2, -0.15) is 0 Å². The summed E-state index contributed by atoms with van der Waals surface area (Å²) in [4.78, 5) is 9.92. The molecule has 0 aliphatic heterocycles. The van der Waals surface area contributed by atoms with E-state index < -0.39 is 0 Å². The van der Waals surface area contributed by atoms with E-state index in [0.717, 1.165) is 12.7 Å². The summed E-state index contributed by atoms with van der Waals surface area (Å²) in [6, 6.07) is -0.255. The summed E-state index contributed by atoms with van der Waals surface area (Å²) in [6.45, 7) is 8.09. The SMILES string of the molecule is CC.CC(C)C[C@@H](N)C=O.[HH]. The van der Waals surface area contributed by atoms with E-state index in [9.17, 15) is 4.79 Å². The molecule has 0 radical (unpaired) electrons. The Morgan fingerprint density at radius 3 is 2.00 bits per heavy atom. The van der Waals surface area contributed by atoms with Crippen LogP contribution in [0.15, 0.2) is 0 Å². The molecule has 0 aliphatic rings. The van der Waals surface area contributed by atoms with Gasteiger partial charge in [-0.1, -0.05) is 27.7 Å². The number of nitrogens with two attached hydrogens (primary N) is 1. The Hall–Kier alpha value is -0.370. The third-order valence-electron chi connectivity index (χ3n) is 0.918. The molecule has 0 saturated heterocycles. The van der Waals surface area contributed by atoms with Crippen LogP contribution in [0, 0.1) is 5.92 Å². The van der Waals surface area contributed by atoms with Crippen molar-refractivity contribution in [2.45, 2.75) is 40.2 Å². The fourth-order valence-electron chi connectivity index (χ4n) is 0.600. The van der Waals surface area contributed by atoms with E-state index in [1.807, 2.05) is 27.7 Å². The second-order valence-corrected chi connectivity index (χ2v) is 2.43. The minimum absolute atomic E-state index is 0. The maximum Gasteiger partial charge on any atom is 0.136 e. The van der Waals surface area contributed by atoms with Gasteiger partial charge in [0.2, 0.25) is 0 Å². The van der Waals surface area contributed by atoms with Crippen LogP contribution >= 0.6 is 0 Å². The van der Waals surface area contributed by atoms with Crippen molar-refractivity contribution in [2.75, 3.05) is 0 Å². The summed E-state index contributed by atoms with van der Waals surface area (Å²) in [5.74, 6) is 0.523. The second kappa shape index (κ2) is 8.63. The van der Waals surface area contributed by atoms with Gasteiger partial charge in [0.1, 0.15) is 6.29 Å². The van der Waals surface area contributed by atoms with E-state index in [-0.39, 0.29) is 7.47 Å². The fraction of sp³-hybridized carbons (Fsp3) is 0.875. The predicted molar refractivity (Wildman–Crippen MR) is 47.0 cm³/mol. The lowest BCUT2D eigenvalue weighted by Crippen LogP contribution is -2.23. The molecule has 0 spiro atoms. The largest absolute Gasteiger partial charge is 0.322 e. The van der Waals surface area contributed by atoms with E-state index in [2.05, 4.69) is 0 Å². The molecule has 0 fully saturated rings. The molecular weight excluding hydrogens is 126 g/mol. The van der Waals surface area contributed by atoms with E-state index in [0.29, 0.717) is 5.92 Å². The molecule has 0 aliphatic carbocycles. The van der Waals surface area contributed by atoms with Gasteiger partial charge < -0.3 is 10.5 Å². The third-order valence-corrected chi connectivity index (χ3v) is 0.918. The van der Waals surface area contributed by atoms with Gasteiger partial charge in [0, 0.05) is 1.43 Å². The zero-order valence-corrected chi connectivity index (χ0v) is 7.42. The Kier molecular flexibility index (Phi) is 10.6. The van der Waals surface area contributed by atoms with Gasteiger partial charge >= 0.3 is 0 Å². The summed E-state index contributed by atoms with van der Waals surface area (Å²) >= 11 is 0. The number of carbonyl (C=O) groups excluding carboxylic acids is 1. The summed E-state index contributed by atoms with van der Waals surface area (Å²) in [5.41, 5.74) is 5.31. The Morgan fingerprint density at radius 1 is 1.50 bits per heavy atom. The van der Waals surface area contributed by atoms with Crippen molar-refractivity contribution >= 4 is 6.29 Å². The lowest BCUT2D eigenvalue weighted by atomic mass is 10.1. The van der Waals surface area contributed by atoms with Gasteiger partial charge in [-0.3, -0.25) is 0 Å². The Bertz CT molecular complexity index is 76.5. The van der Waals surface area contributed by atoms with Crippen molar-refractivity contribution in [1.29, 1.82) is 0 Å². The van der Waals surface area contributed by atoms with Crippen molar-refractivity contribution in [1.82, 2.24) is 0 Å². The maximum absolute atomic E-state index is 9.92. The molecule has 64 valence electrons. The molecule has 2 heteroatoms. The summed E-state index contributed by atoms with van der Waals surface area (Å²) in [6.07, 6.45) is 1.59. The van der Waals surface area contributed by atoms with Crippen LogP contribution in [0.4, 0.5) is 0 Å². The van der Waals surface area contributed by atoms with Gasteiger partial charge in [-0.15, -0.1) is 0 Å². The van der Waals surface area contributed by atoms with Crippen LogP contribution in [0.25, 0.3) is 0 Å². The molecule has 0 aromatic carbocycles. The van der Waals surface area contributed by atoms with Crippen LogP contribution in [-0.4, -0.2) is 12.3 Å². The van der Waals surface area contributed by atoms with Crippen LogP contribution in [-0.2, 0) is 4.79 Å². The topological polar surface area (TPSA) is 43.1 Å². The van der Waals surface area contributed by atoms with Crippen LogP contribution in [0.2, 0.25) is 0 Å². The lowest BCUT2D eigenvalue weighted by molar-refractivity contribution is -0.109. The molecule has 0 unspecified atom stereocenters. The normalized spacial score (nSPS) is 11.8. The minimum atomic E-state index is -0.255. The molecule has 0 saturated carbocycles. The number of rotatable bonds is 3. The summed E-state index contributed by atoms with van der Waals surface area (Å²) in [5, 5.41) is 0. The van der Waals surface area contributed by atoms with Crippen molar-refractivity contribution in [3.8, 4) is 0 Å². The van der Waals surface area contributed by atoms with Gasteiger partial charge in [-0.05, 0) is 12.3 Å². The zero-order valence-electron chi connectivity index (χ0n) is 7.42. The molecule has 0 bridgehead atoms. The fourth-order valence-corrected chi connectivity index (χ4v) is 0.600. The van der Waals surface area contributed by atoms with Crippen molar-refractivity contribution < 1.29 is 6.22 Å². The molecule has 1 atom stereocenters. The van der Waals surface area contributed by atoms with E-state index in [1.165, 1.54) is 0 Å². The minimum Gasteiger partial charge on any atom is -0.322 e. The van der Waals surface area contributed by atoms with Crippen molar-refractivity contribution in [3.05, 3.63) is 0 Å². The Labute approximate surface area is 65.3 Å². The first-order valence-corrected chi connectivity index (χ1v) is 3.87. The molecule has 0 aromatic rings. The quantitative estimate of drug-likeness (QED) is 0.619. The molecule has 0 heterocycles. The van der Waals surface area contributed by atoms with Gasteiger partial charge in [0.05, 0.1) is 6.04 Å². The highest BCUT2D eigenvalue weighted by Crippen LogP contribution is 1.99. The van der Waals surface area contributed by atoms with Crippen LogP contribution in [0.3, 0.4) is 0 Å². The average Bonchev–Trinajstić information content (AvgIpc) is 1.91. The second-order valence-electron chi connectivity index (χ2n) is 2.43. The first-order valence-electron chi connectivity index (χ1n) is 3.87. The monoisotopic (exact) mass is 147 g/mol. The molecule has 0 amide bonds. The van der Waals surface area contributed by atoms with Gasteiger partial charge in [0.25, 0.3) is 0 Å². The zero-order chi connectivity index (χ0) is 8.57. The molecule has 2 nitrogen and oxygen atoms in total. The molecule has 2 N–H and O–H groups in total. The van der Waals surface area contributed by atoms with Crippen LogP contribution in [0.5, 0.6) is 0 Å². The highest BCUT2D eigenvalue weighted by Gasteiger charge is 2.01. The predicted octanol–water partition coefficient (Wildman–Crippen LogP) is 1.83. The maximum atomic E-state index is 9.92. The van der Waals surface area contributed by atoms with Crippen molar-refractivity contribution in [3.63, 3.8) is 0 Å². The third kappa shape index (κ3) is 10.6. The van der Waals surface area contributed by atoms with E-state index >= 15 is 0 Å². The van der Waals surface area contributed by atoms with Crippen LogP contribution in [0.1, 0.15) is 35.5 Å². The highest BCUT2D eigenvalue weighted by molar-refractivity contribution is 5.56. The van der Waals surface area contributed by atoms with E-state index in [1.54, 1.807) is 0 Å². The van der Waals surface area contributed by atoms with Crippen LogP contribution < -0.4 is 5.73 Å². The number of carbonyl (C=O) groups is 1.